The number of nitrogens with one attached hydrogen (secondary N) is 1. The van der Waals surface area contributed by atoms with Gasteiger partial charge in [-0.15, -0.1) is 0 Å². The Morgan fingerprint density at radius 2 is 2.05 bits per heavy atom. The van der Waals surface area contributed by atoms with Gasteiger partial charge in [0, 0.05) is 13.5 Å². The molecule has 0 saturated carbocycles. The van der Waals surface area contributed by atoms with Gasteiger partial charge >= 0.3 is 0 Å². The second kappa shape index (κ2) is 6.22. The third-order valence-corrected chi connectivity index (χ3v) is 3.10. The largest absolute Gasteiger partial charge is 0.424 e. The van der Waals surface area contributed by atoms with E-state index in [0.29, 0.717) is 24.0 Å². The minimum Gasteiger partial charge on any atom is -0.424 e. The van der Waals surface area contributed by atoms with Crippen molar-refractivity contribution in [2.45, 2.75) is 13.0 Å². The monoisotopic (exact) mass is 270 g/mol. The van der Waals surface area contributed by atoms with E-state index in [9.17, 15) is 0 Å². The van der Waals surface area contributed by atoms with Crippen molar-refractivity contribution in [1.82, 2.24) is 9.88 Å². The van der Waals surface area contributed by atoms with Gasteiger partial charge in [-0.05, 0) is 19.7 Å². The van der Waals surface area contributed by atoms with Crippen molar-refractivity contribution in [3.63, 3.8) is 0 Å². The molecule has 0 fully saturated rings. The minimum absolute atomic E-state index is 0.188. The van der Waals surface area contributed by atoms with Crippen LogP contribution in [0.3, 0.4) is 0 Å². The summed E-state index contributed by atoms with van der Waals surface area (Å²) < 4.78 is 5.41. The molecule has 5 nitrogen and oxygen atoms in total. The van der Waals surface area contributed by atoms with E-state index in [1.54, 1.807) is 6.92 Å². The molecule has 0 amide bonds. The molecule has 1 N–H and O–H groups in total. The van der Waals surface area contributed by atoms with Crippen molar-refractivity contribution in [2.24, 2.45) is 0 Å². The van der Waals surface area contributed by atoms with Crippen molar-refractivity contribution in [1.29, 1.82) is 5.26 Å². The van der Waals surface area contributed by atoms with Crippen molar-refractivity contribution in [3.8, 4) is 6.07 Å². The van der Waals surface area contributed by atoms with Gasteiger partial charge in [0.2, 0.25) is 11.6 Å². The van der Waals surface area contributed by atoms with E-state index >= 15 is 0 Å². The second-order valence-corrected chi connectivity index (χ2v) is 4.79. The highest BCUT2D eigenvalue weighted by molar-refractivity contribution is 5.45. The SMILES string of the molecule is Cc1nc(C#N)c(NC[C@@H](c2ccccc2)N(C)C)o1. The summed E-state index contributed by atoms with van der Waals surface area (Å²) in [4.78, 5) is 6.14. The second-order valence-electron chi connectivity index (χ2n) is 4.79. The molecule has 1 aromatic carbocycles. The molecule has 2 aromatic rings. The Kier molecular flexibility index (Phi) is 4.38. The van der Waals surface area contributed by atoms with Crippen LogP contribution in [0, 0.1) is 18.3 Å². The first-order chi connectivity index (χ1) is 9.61. The maximum atomic E-state index is 9.00. The molecule has 0 radical (unpaired) electrons. The van der Waals surface area contributed by atoms with Crippen LogP contribution >= 0.6 is 0 Å². The fourth-order valence-corrected chi connectivity index (χ4v) is 2.09. The molecule has 1 aromatic heterocycles. The van der Waals surface area contributed by atoms with Crippen molar-refractivity contribution in [3.05, 3.63) is 47.5 Å². The Labute approximate surface area is 118 Å². The quantitative estimate of drug-likeness (QED) is 0.904. The van der Waals surface area contributed by atoms with Gasteiger partial charge in [-0.2, -0.15) is 5.26 Å². The van der Waals surface area contributed by atoms with Crippen LogP contribution in [0.5, 0.6) is 0 Å². The van der Waals surface area contributed by atoms with Crippen LogP contribution in [-0.4, -0.2) is 30.5 Å². The average molecular weight is 270 g/mol. The summed E-state index contributed by atoms with van der Waals surface area (Å²) in [6.07, 6.45) is 0. The zero-order valence-electron chi connectivity index (χ0n) is 11.9. The van der Waals surface area contributed by atoms with Crippen LogP contribution in [0.25, 0.3) is 0 Å². The predicted molar refractivity (Wildman–Crippen MR) is 77.3 cm³/mol. The molecule has 0 aliphatic rings. The number of nitriles is 1. The van der Waals surface area contributed by atoms with E-state index < -0.39 is 0 Å². The van der Waals surface area contributed by atoms with Gasteiger partial charge in [0.05, 0.1) is 6.04 Å². The van der Waals surface area contributed by atoms with Gasteiger partial charge < -0.3 is 14.6 Å². The lowest BCUT2D eigenvalue weighted by atomic mass is 10.1. The molecule has 0 aliphatic heterocycles. The summed E-state index contributed by atoms with van der Waals surface area (Å²) in [6, 6.07) is 12.4. The van der Waals surface area contributed by atoms with Gasteiger partial charge in [-0.3, -0.25) is 0 Å². The molecule has 0 bridgehead atoms. The Hall–Kier alpha value is -2.32. The number of nitrogens with zero attached hydrogens (tertiary/aromatic N) is 3. The maximum absolute atomic E-state index is 9.00. The zero-order valence-corrected chi connectivity index (χ0v) is 11.9. The van der Waals surface area contributed by atoms with E-state index in [1.807, 2.05) is 38.4 Å². The lowest BCUT2D eigenvalue weighted by Gasteiger charge is -2.24. The fourth-order valence-electron chi connectivity index (χ4n) is 2.09. The minimum atomic E-state index is 0.188. The van der Waals surface area contributed by atoms with E-state index in [4.69, 9.17) is 9.68 Å². The van der Waals surface area contributed by atoms with Crippen LogP contribution in [0.15, 0.2) is 34.7 Å². The lowest BCUT2D eigenvalue weighted by Crippen LogP contribution is -2.26. The highest BCUT2D eigenvalue weighted by Crippen LogP contribution is 2.21. The van der Waals surface area contributed by atoms with Crippen LogP contribution in [0.1, 0.15) is 23.2 Å². The number of aryl methyl sites for hydroxylation is 1. The number of rotatable bonds is 5. The molecule has 20 heavy (non-hydrogen) atoms. The Morgan fingerprint density at radius 1 is 1.35 bits per heavy atom. The topological polar surface area (TPSA) is 65.1 Å². The predicted octanol–water partition coefficient (Wildman–Crippen LogP) is 2.57. The fraction of sp³-hybridized carbons (Fsp3) is 0.333. The summed E-state index contributed by atoms with van der Waals surface area (Å²) in [7, 11) is 4.05. The first-order valence-electron chi connectivity index (χ1n) is 6.44. The number of benzene rings is 1. The number of anilines is 1. The number of hydrogen-bond acceptors (Lipinski definition) is 5. The van der Waals surface area contributed by atoms with Gasteiger partial charge in [-0.25, -0.2) is 4.98 Å². The summed E-state index contributed by atoms with van der Waals surface area (Å²) in [5, 5.41) is 12.2. The Balaban J connectivity index is 2.12. The molecule has 1 heterocycles. The van der Waals surface area contributed by atoms with Crippen LogP contribution in [-0.2, 0) is 0 Å². The molecule has 0 aliphatic carbocycles. The number of aromatic nitrogens is 1. The van der Waals surface area contributed by atoms with Crippen LogP contribution in [0.2, 0.25) is 0 Å². The van der Waals surface area contributed by atoms with Crippen molar-refractivity contribution < 1.29 is 4.42 Å². The van der Waals surface area contributed by atoms with Crippen LogP contribution < -0.4 is 5.32 Å². The lowest BCUT2D eigenvalue weighted by molar-refractivity contribution is 0.310. The van der Waals surface area contributed by atoms with E-state index in [0.717, 1.165) is 0 Å². The van der Waals surface area contributed by atoms with E-state index in [1.165, 1.54) is 5.56 Å². The van der Waals surface area contributed by atoms with Crippen molar-refractivity contribution in [2.75, 3.05) is 26.0 Å². The molecular formula is C15H18N4O. The third-order valence-electron chi connectivity index (χ3n) is 3.10. The van der Waals surface area contributed by atoms with Crippen LogP contribution in [0.4, 0.5) is 5.88 Å². The Bertz CT molecular complexity index is 598. The zero-order chi connectivity index (χ0) is 14.5. The van der Waals surface area contributed by atoms with Gasteiger partial charge in [0.1, 0.15) is 6.07 Å². The molecule has 5 heteroatoms. The molecule has 2 rings (SSSR count). The van der Waals surface area contributed by atoms with E-state index in [-0.39, 0.29) is 6.04 Å². The molecule has 1 atom stereocenters. The van der Waals surface area contributed by atoms with Crippen molar-refractivity contribution >= 4 is 5.88 Å². The van der Waals surface area contributed by atoms with Gasteiger partial charge in [0.15, 0.2) is 5.89 Å². The van der Waals surface area contributed by atoms with Gasteiger partial charge in [-0.1, -0.05) is 30.3 Å². The highest BCUT2D eigenvalue weighted by Gasteiger charge is 2.16. The molecule has 0 unspecified atom stereocenters. The summed E-state index contributed by atoms with van der Waals surface area (Å²) >= 11 is 0. The summed E-state index contributed by atoms with van der Waals surface area (Å²) in [5.74, 6) is 0.929. The smallest absolute Gasteiger partial charge is 0.232 e. The standard InChI is InChI=1S/C15H18N4O/c1-11-18-13(9-16)15(20-11)17-10-14(19(2)3)12-7-5-4-6-8-12/h4-8,14,17H,10H2,1-3H3/t14-/m0/s1. The number of likely N-dealkylation sites (N-methyl/N-ethyl adjacent to an activating group) is 1. The normalized spacial score (nSPS) is 12.2. The summed E-state index contributed by atoms with van der Waals surface area (Å²) in [6.45, 7) is 2.37. The molecule has 104 valence electrons. The number of oxazole rings is 1. The van der Waals surface area contributed by atoms with E-state index in [2.05, 4.69) is 27.3 Å². The first-order valence-corrected chi connectivity index (χ1v) is 6.44. The average Bonchev–Trinajstić information content (AvgIpc) is 2.80. The number of hydrogen-bond donors (Lipinski definition) is 1. The first kappa shape index (κ1) is 14.1. The van der Waals surface area contributed by atoms with Gasteiger partial charge in [0.25, 0.3) is 0 Å². The summed E-state index contributed by atoms with van der Waals surface area (Å²) in [5.41, 5.74) is 1.51. The third kappa shape index (κ3) is 3.16. The molecule has 0 saturated heterocycles. The molecule has 0 spiro atoms. The maximum Gasteiger partial charge on any atom is 0.232 e. The highest BCUT2D eigenvalue weighted by atomic mass is 16.4. The molecular weight excluding hydrogens is 252 g/mol. The Morgan fingerprint density at radius 3 is 2.65 bits per heavy atom.